The highest BCUT2D eigenvalue weighted by Crippen LogP contribution is 2.34. The van der Waals surface area contributed by atoms with Gasteiger partial charge in [0, 0.05) is 24.1 Å². The predicted octanol–water partition coefficient (Wildman–Crippen LogP) is 4.27. The minimum atomic E-state index is -4.51. The molecule has 8 heteroatoms. The van der Waals surface area contributed by atoms with E-state index in [9.17, 15) is 17.6 Å². The van der Waals surface area contributed by atoms with E-state index < -0.39 is 17.7 Å². The lowest BCUT2D eigenvalue weighted by molar-refractivity contribution is -0.137. The van der Waals surface area contributed by atoms with Crippen LogP contribution >= 0.6 is 0 Å². The van der Waals surface area contributed by atoms with E-state index in [1.807, 2.05) is 0 Å². The number of hydrogen-bond acceptors (Lipinski definition) is 2. The first-order valence-corrected chi connectivity index (χ1v) is 7.02. The van der Waals surface area contributed by atoms with Crippen LogP contribution < -0.4 is 0 Å². The van der Waals surface area contributed by atoms with Crippen LogP contribution in [0.25, 0.3) is 33.5 Å². The van der Waals surface area contributed by atoms with Gasteiger partial charge in [0.1, 0.15) is 11.3 Å². The Kier molecular flexibility index (Phi) is 2.93. The number of pyridine rings is 1. The molecule has 3 heterocycles. The molecule has 0 saturated carbocycles. The van der Waals surface area contributed by atoms with Gasteiger partial charge in [-0.2, -0.15) is 17.6 Å². The number of nitrogens with one attached hydrogen (secondary N) is 1. The minimum absolute atomic E-state index is 0.0620. The number of benzene rings is 1. The molecule has 3 aromatic heterocycles. The Morgan fingerprint density at radius 2 is 1.92 bits per heavy atom. The van der Waals surface area contributed by atoms with E-state index in [1.54, 1.807) is 31.3 Å². The molecule has 1 N–H and O–H groups in total. The lowest BCUT2D eigenvalue weighted by atomic mass is 10.1. The molecule has 0 aliphatic carbocycles. The number of rotatable bonds is 1. The van der Waals surface area contributed by atoms with Crippen LogP contribution in [0, 0.1) is 5.95 Å². The van der Waals surface area contributed by atoms with Crippen molar-refractivity contribution >= 4 is 22.1 Å². The number of hydrogen-bond donors (Lipinski definition) is 1. The van der Waals surface area contributed by atoms with Crippen LogP contribution in [0.1, 0.15) is 5.56 Å². The van der Waals surface area contributed by atoms with Crippen LogP contribution in [0.15, 0.2) is 36.5 Å². The number of aromatic amines is 1. The van der Waals surface area contributed by atoms with Crippen molar-refractivity contribution in [3.8, 4) is 11.4 Å². The number of nitrogens with zero attached hydrogens (tertiary/aromatic N) is 3. The average molecular weight is 334 g/mol. The summed E-state index contributed by atoms with van der Waals surface area (Å²) in [5.74, 6) is -0.377. The van der Waals surface area contributed by atoms with Crippen LogP contribution in [-0.2, 0) is 13.2 Å². The van der Waals surface area contributed by atoms with E-state index in [0.29, 0.717) is 10.9 Å². The maximum atomic E-state index is 14.4. The average Bonchev–Trinajstić information content (AvgIpc) is 3.02. The minimum Gasteiger partial charge on any atom is -0.331 e. The van der Waals surface area contributed by atoms with E-state index in [0.717, 1.165) is 12.3 Å². The monoisotopic (exact) mass is 334 g/mol. The topological polar surface area (TPSA) is 46.5 Å². The van der Waals surface area contributed by atoms with E-state index in [2.05, 4.69) is 15.0 Å². The second-order valence-corrected chi connectivity index (χ2v) is 5.42. The molecule has 0 spiro atoms. The van der Waals surface area contributed by atoms with Gasteiger partial charge in [0.05, 0.1) is 11.1 Å². The Labute approximate surface area is 132 Å². The molecule has 0 radical (unpaired) electrons. The van der Waals surface area contributed by atoms with Gasteiger partial charge in [0.2, 0.25) is 5.95 Å². The highest BCUT2D eigenvalue weighted by atomic mass is 19.4. The SMILES string of the molecule is Cn1c(-c2c(F)[nH]c3ccccc23)nc2cc(C(F)(F)F)cnc21. The van der Waals surface area contributed by atoms with Gasteiger partial charge in [0.25, 0.3) is 0 Å². The Bertz CT molecular complexity index is 1070. The van der Waals surface area contributed by atoms with Gasteiger partial charge in [-0.05, 0) is 12.1 Å². The highest BCUT2D eigenvalue weighted by molar-refractivity contribution is 5.95. The van der Waals surface area contributed by atoms with Crippen LogP contribution in [0.4, 0.5) is 17.6 Å². The Hall–Kier alpha value is -2.90. The predicted molar refractivity (Wildman–Crippen MR) is 80.8 cm³/mol. The molecule has 0 saturated heterocycles. The zero-order valence-corrected chi connectivity index (χ0v) is 12.3. The summed E-state index contributed by atoms with van der Waals surface area (Å²) in [5, 5.41) is 0.601. The third kappa shape index (κ3) is 2.06. The molecule has 0 fully saturated rings. The summed E-state index contributed by atoms with van der Waals surface area (Å²) in [6.07, 6.45) is -3.76. The maximum absolute atomic E-state index is 14.4. The summed E-state index contributed by atoms with van der Waals surface area (Å²) in [6, 6.07) is 7.86. The molecule has 0 aliphatic rings. The Morgan fingerprint density at radius 1 is 1.17 bits per heavy atom. The summed E-state index contributed by atoms with van der Waals surface area (Å²) in [6.45, 7) is 0. The van der Waals surface area contributed by atoms with Crippen molar-refractivity contribution in [3.05, 3.63) is 48.0 Å². The Morgan fingerprint density at radius 3 is 2.67 bits per heavy atom. The second-order valence-electron chi connectivity index (χ2n) is 5.42. The van der Waals surface area contributed by atoms with Crippen molar-refractivity contribution in [2.45, 2.75) is 6.18 Å². The normalized spacial score (nSPS) is 12.4. The molecule has 122 valence electrons. The number of para-hydroxylation sites is 1. The van der Waals surface area contributed by atoms with Gasteiger partial charge in [-0.1, -0.05) is 18.2 Å². The first-order valence-electron chi connectivity index (χ1n) is 7.02. The smallest absolute Gasteiger partial charge is 0.331 e. The molecule has 4 aromatic rings. The maximum Gasteiger partial charge on any atom is 0.417 e. The molecule has 4 rings (SSSR count). The van der Waals surface area contributed by atoms with Crippen molar-refractivity contribution in [2.24, 2.45) is 7.05 Å². The molecule has 0 unspecified atom stereocenters. The van der Waals surface area contributed by atoms with E-state index >= 15 is 0 Å². The zero-order valence-electron chi connectivity index (χ0n) is 12.3. The fraction of sp³-hybridized carbons (Fsp3) is 0.125. The number of fused-ring (bicyclic) bond motifs is 2. The molecule has 0 atom stereocenters. The van der Waals surface area contributed by atoms with Gasteiger partial charge < -0.3 is 9.55 Å². The zero-order chi connectivity index (χ0) is 17.1. The fourth-order valence-corrected chi connectivity index (χ4v) is 2.78. The van der Waals surface area contributed by atoms with Crippen molar-refractivity contribution in [1.29, 1.82) is 0 Å². The summed E-state index contributed by atoms with van der Waals surface area (Å²) in [4.78, 5) is 10.6. The van der Waals surface area contributed by atoms with Gasteiger partial charge in [-0.25, -0.2) is 9.97 Å². The molecule has 1 aromatic carbocycles. The van der Waals surface area contributed by atoms with Crippen molar-refractivity contribution in [3.63, 3.8) is 0 Å². The summed E-state index contributed by atoms with van der Waals surface area (Å²) in [7, 11) is 1.59. The summed E-state index contributed by atoms with van der Waals surface area (Å²) < 4.78 is 54.3. The summed E-state index contributed by atoms with van der Waals surface area (Å²) in [5.41, 5.74) is 0.217. The summed E-state index contributed by atoms with van der Waals surface area (Å²) >= 11 is 0. The molecule has 0 amide bonds. The van der Waals surface area contributed by atoms with Crippen LogP contribution in [0.2, 0.25) is 0 Å². The first kappa shape index (κ1) is 14.7. The van der Waals surface area contributed by atoms with Gasteiger partial charge in [-0.3, -0.25) is 0 Å². The van der Waals surface area contributed by atoms with Crippen molar-refractivity contribution in [2.75, 3.05) is 0 Å². The van der Waals surface area contributed by atoms with Gasteiger partial charge in [0.15, 0.2) is 5.65 Å². The number of imidazole rings is 1. The second kappa shape index (κ2) is 4.80. The quantitative estimate of drug-likeness (QED) is 0.528. The molecular formula is C16H10F4N4. The third-order valence-corrected chi connectivity index (χ3v) is 3.92. The number of aryl methyl sites for hydroxylation is 1. The number of alkyl halides is 3. The number of aromatic nitrogens is 4. The lowest BCUT2D eigenvalue weighted by Gasteiger charge is -2.05. The first-order chi connectivity index (χ1) is 11.4. The van der Waals surface area contributed by atoms with Gasteiger partial charge in [-0.15, -0.1) is 0 Å². The largest absolute Gasteiger partial charge is 0.417 e. The van der Waals surface area contributed by atoms with Crippen LogP contribution in [-0.4, -0.2) is 19.5 Å². The molecular weight excluding hydrogens is 324 g/mol. The van der Waals surface area contributed by atoms with Crippen LogP contribution in [0.3, 0.4) is 0 Å². The molecule has 0 bridgehead atoms. The van der Waals surface area contributed by atoms with Crippen molar-refractivity contribution < 1.29 is 17.6 Å². The molecule has 4 nitrogen and oxygen atoms in total. The fourth-order valence-electron chi connectivity index (χ4n) is 2.78. The lowest BCUT2D eigenvalue weighted by Crippen LogP contribution is -2.05. The van der Waals surface area contributed by atoms with E-state index in [1.165, 1.54) is 4.57 Å². The Balaban J connectivity index is 2.00. The number of H-pyrrole nitrogens is 1. The highest BCUT2D eigenvalue weighted by Gasteiger charge is 2.32. The molecule has 0 aliphatic heterocycles. The number of halogens is 4. The van der Waals surface area contributed by atoms with E-state index in [-0.39, 0.29) is 22.6 Å². The third-order valence-electron chi connectivity index (χ3n) is 3.92. The standard InChI is InChI=1S/C16H10F4N4/c1-24-14-11(6-8(7-21-14)16(18,19)20)23-15(24)12-9-4-2-3-5-10(9)22-13(12)17/h2-7,22H,1H3. The van der Waals surface area contributed by atoms with Gasteiger partial charge >= 0.3 is 6.18 Å². The van der Waals surface area contributed by atoms with E-state index in [4.69, 9.17) is 0 Å². The molecule has 24 heavy (non-hydrogen) atoms. The van der Waals surface area contributed by atoms with Crippen LogP contribution in [0.5, 0.6) is 0 Å². The van der Waals surface area contributed by atoms with Crippen molar-refractivity contribution in [1.82, 2.24) is 19.5 Å².